The van der Waals surface area contributed by atoms with Gasteiger partial charge in [-0.1, -0.05) is 18.2 Å². The first-order valence-electron chi connectivity index (χ1n) is 6.92. The van der Waals surface area contributed by atoms with Crippen molar-refractivity contribution in [2.75, 3.05) is 26.2 Å². The average Bonchev–Trinajstić information content (AvgIpc) is 2.45. The van der Waals surface area contributed by atoms with Gasteiger partial charge < -0.3 is 10.1 Å². The highest BCUT2D eigenvalue weighted by Crippen LogP contribution is 2.38. The predicted octanol–water partition coefficient (Wildman–Crippen LogP) is 4.03. The Kier molecular flexibility index (Phi) is 9.87. The Hall–Kier alpha value is -0.830. The molecule has 1 aliphatic heterocycles. The molecule has 0 amide bonds. The molecule has 0 aliphatic carbocycles. The third kappa shape index (κ3) is 6.96. The maximum Gasteiger partial charge on any atom is 0.390 e. The maximum atomic E-state index is 12.9. The second-order valence-electron chi connectivity index (χ2n) is 5.04. The van der Waals surface area contributed by atoms with Crippen molar-refractivity contribution in [1.82, 2.24) is 10.2 Å². The normalized spacial score (nSPS) is 16.9. The molecular weight excluding hydrogens is 378 g/mol. The van der Waals surface area contributed by atoms with Crippen molar-refractivity contribution < 1.29 is 26.7 Å². The van der Waals surface area contributed by atoms with Crippen LogP contribution in [-0.2, 0) is 0 Å². The van der Waals surface area contributed by atoms with Gasteiger partial charge in [0, 0.05) is 37.8 Å². The Morgan fingerprint density at radius 3 is 2.21 bits per heavy atom. The average molecular weight is 397 g/mol. The van der Waals surface area contributed by atoms with Gasteiger partial charge in [-0.2, -0.15) is 22.0 Å². The van der Waals surface area contributed by atoms with E-state index in [9.17, 15) is 22.0 Å². The lowest BCUT2D eigenvalue weighted by Gasteiger charge is -2.36. The van der Waals surface area contributed by atoms with Gasteiger partial charge in [0.05, 0.1) is 6.42 Å². The second-order valence-corrected chi connectivity index (χ2v) is 5.04. The molecule has 0 spiro atoms. The summed E-state index contributed by atoms with van der Waals surface area (Å²) in [5.74, 6) is -0.203. The first kappa shape index (κ1) is 23.2. The Morgan fingerprint density at radius 2 is 1.67 bits per heavy atom. The quantitative estimate of drug-likeness (QED) is 0.760. The zero-order valence-corrected chi connectivity index (χ0v) is 14.2. The van der Waals surface area contributed by atoms with Gasteiger partial charge in [0.15, 0.2) is 0 Å². The van der Waals surface area contributed by atoms with Crippen LogP contribution in [0, 0.1) is 0 Å². The molecule has 1 N–H and O–H groups in total. The molecule has 24 heavy (non-hydrogen) atoms. The first-order chi connectivity index (χ1) is 10.4. The number of piperazine rings is 1. The lowest BCUT2D eigenvalue weighted by atomic mass is 9.99. The van der Waals surface area contributed by atoms with Crippen molar-refractivity contribution in [3.8, 4) is 5.75 Å². The molecule has 1 aromatic rings. The van der Waals surface area contributed by atoms with Gasteiger partial charge in [0.2, 0.25) is 0 Å². The van der Waals surface area contributed by atoms with E-state index in [1.165, 1.54) is 24.3 Å². The number of ether oxygens (including phenoxy) is 1. The molecule has 0 aromatic heterocycles. The van der Waals surface area contributed by atoms with E-state index < -0.39 is 25.3 Å². The van der Waals surface area contributed by atoms with E-state index in [0.29, 0.717) is 26.2 Å². The van der Waals surface area contributed by atoms with Crippen LogP contribution in [0.5, 0.6) is 5.75 Å². The van der Waals surface area contributed by atoms with Gasteiger partial charge in [0.25, 0.3) is 0 Å². The fraction of sp³-hybridized carbons (Fsp3) is 0.571. The number of benzene rings is 1. The lowest BCUT2D eigenvalue weighted by molar-refractivity contribution is -0.149. The summed E-state index contributed by atoms with van der Waals surface area (Å²) >= 11 is 0. The van der Waals surface area contributed by atoms with E-state index in [-0.39, 0.29) is 36.1 Å². The summed E-state index contributed by atoms with van der Waals surface area (Å²) in [6.45, 7) is -1.11. The van der Waals surface area contributed by atoms with Crippen molar-refractivity contribution in [2.45, 2.75) is 25.3 Å². The number of nitrogens with one attached hydrogen (secondary N) is 1. The molecule has 140 valence electrons. The van der Waals surface area contributed by atoms with Crippen LogP contribution in [0.4, 0.5) is 22.0 Å². The van der Waals surface area contributed by atoms with Crippen molar-refractivity contribution >= 4 is 24.8 Å². The summed E-state index contributed by atoms with van der Waals surface area (Å²) in [7, 11) is 0. The molecule has 10 heteroatoms. The van der Waals surface area contributed by atoms with Crippen molar-refractivity contribution in [3.05, 3.63) is 29.8 Å². The smallest absolute Gasteiger partial charge is 0.390 e. The SMILES string of the molecule is Cl.Cl.FC(F)Oc1ccccc1[C@H](CC(F)(F)F)N1CCNCC1. The van der Waals surface area contributed by atoms with Gasteiger partial charge >= 0.3 is 12.8 Å². The molecule has 1 atom stereocenters. The van der Waals surface area contributed by atoms with Gasteiger partial charge in [-0.3, -0.25) is 4.90 Å². The molecule has 1 heterocycles. The van der Waals surface area contributed by atoms with Gasteiger partial charge in [-0.05, 0) is 6.07 Å². The Morgan fingerprint density at radius 1 is 1.08 bits per heavy atom. The molecule has 1 saturated heterocycles. The van der Waals surface area contributed by atoms with Gasteiger partial charge in [-0.15, -0.1) is 24.8 Å². The van der Waals surface area contributed by atoms with Crippen LogP contribution in [0.1, 0.15) is 18.0 Å². The molecule has 2 rings (SSSR count). The van der Waals surface area contributed by atoms with E-state index in [0.717, 1.165) is 0 Å². The van der Waals surface area contributed by atoms with Crippen LogP contribution < -0.4 is 10.1 Å². The molecular formula is C14H19Cl2F5N2O. The largest absolute Gasteiger partial charge is 0.434 e. The zero-order valence-electron chi connectivity index (χ0n) is 12.6. The summed E-state index contributed by atoms with van der Waals surface area (Å²) in [6, 6.07) is 4.64. The fourth-order valence-corrected chi connectivity index (χ4v) is 2.61. The molecule has 1 fully saturated rings. The number of para-hydroxylation sites is 1. The van der Waals surface area contributed by atoms with E-state index in [1.807, 2.05) is 0 Å². The first-order valence-corrected chi connectivity index (χ1v) is 6.92. The Bertz CT molecular complexity index is 484. The van der Waals surface area contributed by atoms with E-state index >= 15 is 0 Å². The van der Waals surface area contributed by atoms with Crippen LogP contribution in [0.3, 0.4) is 0 Å². The fourth-order valence-electron chi connectivity index (χ4n) is 2.61. The lowest BCUT2D eigenvalue weighted by Crippen LogP contribution is -2.46. The molecule has 0 saturated carbocycles. The minimum atomic E-state index is -4.40. The van der Waals surface area contributed by atoms with Crippen LogP contribution in [0.15, 0.2) is 24.3 Å². The molecule has 3 nitrogen and oxygen atoms in total. The highest BCUT2D eigenvalue weighted by Gasteiger charge is 2.37. The summed E-state index contributed by atoms with van der Waals surface area (Å²) in [5, 5.41) is 3.06. The van der Waals surface area contributed by atoms with Crippen molar-refractivity contribution in [3.63, 3.8) is 0 Å². The van der Waals surface area contributed by atoms with E-state index in [1.54, 1.807) is 4.90 Å². The summed E-state index contributed by atoms with van der Waals surface area (Å²) in [5.41, 5.74) is 0.141. The van der Waals surface area contributed by atoms with Crippen molar-refractivity contribution in [1.29, 1.82) is 0 Å². The Labute approximate surface area is 149 Å². The van der Waals surface area contributed by atoms with Gasteiger partial charge in [-0.25, -0.2) is 0 Å². The molecule has 0 unspecified atom stereocenters. The third-order valence-corrected chi connectivity index (χ3v) is 3.51. The minimum Gasteiger partial charge on any atom is -0.434 e. The maximum absolute atomic E-state index is 12.9. The standard InChI is InChI=1S/C14H17F5N2O.2ClH/c15-13(16)22-12-4-2-1-3-10(12)11(9-14(17,18)19)21-7-5-20-6-8-21;;/h1-4,11,13,20H,5-9H2;2*1H/t11-;;/m0../s1. The van der Waals surface area contributed by atoms with Crippen LogP contribution in [0.2, 0.25) is 0 Å². The minimum absolute atomic E-state index is 0. The monoisotopic (exact) mass is 396 g/mol. The highest BCUT2D eigenvalue weighted by atomic mass is 35.5. The number of rotatable bonds is 5. The molecule has 0 radical (unpaired) electrons. The summed E-state index contributed by atoms with van der Waals surface area (Å²) in [6.07, 6.45) is -5.50. The second kappa shape index (κ2) is 10.2. The Balaban J connectivity index is 0.00000264. The van der Waals surface area contributed by atoms with Crippen LogP contribution in [0.25, 0.3) is 0 Å². The molecule has 1 aromatic carbocycles. The molecule has 0 bridgehead atoms. The number of hydrogen-bond acceptors (Lipinski definition) is 3. The zero-order chi connectivity index (χ0) is 16.2. The number of hydrogen-bond donors (Lipinski definition) is 1. The molecule has 1 aliphatic rings. The van der Waals surface area contributed by atoms with E-state index in [4.69, 9.17) is 0 Å². The number of halogens is 7. The predicted molar refractivity (Wildman–Crippen MR) is 85.4 cm³/mol. The van der Waals surface area contributed by atoms with Gasteiger partial charge in [0.1, 0.15) is 5.75 Å². The van der Waals surface area contributed by atoms with Crippen molar-refractivity contribution in [2.24, 2.45) is 0 Å². The van der Waals surface area contributed by atoms with Crippen LogP contribution in [-0.4, -0.2) is 43.9 Å². The third-order valence-electron chi connectivity index (χ3n) is 3.51. The number of nitrogens with zero attached hydrogens (tertiary/aromatic N) is 1. The topological polar surface area (TPSA) is 24.5 Å². The van der Waals surface area contributed by atoms with E-state index in [2.05, 4.69) is 10.1 Å². The van der Waals surface area contributed by atoms with Crippen LogP contribution >= 0.6 is 24.8 Å². The number of alkyl halides is 5. The summed E-state index contributed by atoms with van der Waals surface area (Å²) < 4.78 is 68.1. The summed E-state index contributed by atoms with van der Waals surface area (Å²) in [4.78, 5) is 1.65. The highest BCUT2D eigenvalue weighted by molar-refractivity contribution is 5.85.